The van der Waals surface area contributed by atoms with Gasteiger partial charge in [-0.2, -0.15) is 0 Å². The molecule has 0 saturated heterocycles. The van der Waals surface area contributed by atoms with Crippen LogP contribution in [0.25, 0.3) is 0 Å². The van der Waals surface area contributed by atoms with Crippen molar-refractivity contribution in [3.8, 4) is 0 Å². The summed E-state index contributed by atoms with van der Waals surface area (Å²) in [5.41, 5.74) is 1.93. The van der Waals surface area contributed by atoms with E-state index in [-0.39, 0.29) is 0 Å². The Morgan fingerprint density at radius 1 is 1.12 bits per heavy atom. The summed E-state index contributed by atoms with van der Waals surface area (Å²) in [6.45, 7) is 9.11. The van der Waals surface area contributed by atoms with Crippen LogP contribution in [0.1, 0.15) is 45.6 Å². The first-order valence-corrected chi connectivity index (χ1v) is 6.95. The Balaban J connectivity index is 2.32. The fraction of sp³-hybridized carbons (Fsp3) is 0.625. The van der Waals surface area contributed by atoms with Crippen LogP contribution in [0.15, 0.2) is 30.3 Å². The van der Waals surface area contributed by atoms with Crippen LogP contribution >= 0.6 is 0 Å². The fourth-order valence-electron chi connectivity index (χ4n) is 2.18. The predicted molar refractivity (Wildman–Crippen MR) is 76.3 cm³/mol. The highest BCUT2D eigenvalue weighted by Crippen LogP contribution is 2.27. The molecule has 0 bridgehead atoms. The van der Waals surface area contributed by atoms with E-state index in [4.69, 9.17) is 0 Å². The molecule has 0 aliphatic heterocycles. The summed E-state index contributed by atoms with van der Waals surface area (Å²) in [4.78, 5) is 0. The van der Waals surface area contributed by atoms with Gasteiger partial charge in [0.05, 0.1) is 0 Å². The Bertz CT molecular complexity index is 294. The maximum Gasteiger partial charge on any atom is 0.000494 e. The molecule has 1 rings (SSSR count). The molecule has 96 valence electrons. The molecule has 1 nitrogen and oxygen atoms in total. The third-order valence-corrected chi connectivity index (χ3v) is 3.74. The predicted octanol–water partition coefficient (Wildman–Crippen LogP) is 4.04. The smallest absolute Gasteiger partial charge is 0.000494 e. The normalized spacial score (nSPS) is 14.5. The van der Waals surface area contributed by atoms with Gasteiger partial charge in [0.25, 0.3) is 0 Å². The van der Waals surface area contributed by atoms with E-state index in [1.54, 1.807) is 0 Å². The van der Waals surface area contributed by atoms with E-state index in [9.17, 15) is 0 Å². The molecule has 1 aromatic carbocycles. The number of hydrogen-bond acceptors (Lipinski definition) is 1. The number of rotatable bonds is 8. The Labute approximate surface area is 107 Å². The van der Waals surface area contributed by atoms with Gasteiger partial charge in [0.1, 0.15) is 0 Å². The number of benzene rings is 1. The van der Waals surface area contributed by atoms with Gasteiger partial charge in [-0.15, -0.1) is 0 Å². The number of aryl methyl sites for hydroxylation is 1. The Hall–Kier alpha value is -0.820. The molecule has 0 spiro atoms. The van der Waals surface area contributed by atoms with Crippen molar-refractivity contribution in [2.45, 2.75) is 46.5 Å². The summed E-state index contributed by atoms with van der Waals surface area (Å²) < 4.78 is 0. The second kappa shape index (κ2) is 7.50. The lowest BCUT2D eigenvalue weighted by Gasteiger charge is -2.28. The monoisotopic (exact) mass is 233 g/mol. The molecule has 0 fully saturated rings. The van der Waals surface area contributed by atoms with Crippen molar-refractivity contribution in [1.29, 1.82) is 0 Å². The first-order valence-electron chi connectivity index (χ1n) is 6.95. The van der Waals surface area contributed by atoms with Gasteiger partial charge in [-0.3, -0.25) is 0 Å². The van der Waals surface area contributed by atoms with Gasteiger partial charge in [0.2, 0.25) is 0 Å². The molecule has 0 saturated carbocycles. The lowest BCUT2D eigenvalue weighted by atomic mass is 9.82. The zero-order valence-electron chi connectivity index (χ0n) is 11.6. The molecule has 0 amide bonds. The van der Waals surface area contributed by atoms with Crippen LogP contribution in [0.5, 0.6) is 0 Å². The van der Waals surface area contributed by atoms with Gasteiger partial charge >= 0.3 is 0 Å². The van der Waals surface area contributed by atoms with Crippen LogP contribution in [-0.4, -0.2) is 13.1 Å². The molecule has 1 unspecified atom stereocenters. The van der Waals surface area contributed by atoms with Crippen LogP contribution in [0, 0.1) is 5.41 Å². The minimum absolute atomic E-state index is 0.463. The molecule has 0 aliphatic carbocycles. The first kappa shape index (κ1) is 14.2. The van der Waals surface area contributed by atoms with E-state index in [0.29, 0.717) is 5.41 Å². The van der Waals surface area contributed by atoms with Crippen molar-refractivity contribution in [1.82, 2.24) is 5.32 Å². The van der Waals surface area contributed by atoms with Crippen molar-refractivity contribution in [3.05, 3.63) is 35.9 Å². The zero-order chi connectivity index (χ0) is 12.6. The largest absolute Gasteiger partial charge is 0.316 e. The van der Waals surface area contributed by atoms with Crippen molar-refractivity contribution >= 4 is 0 Å². The third-order valence-electron chi connectivity index (χ3n) is 3.74. The van der Waals surface area contributed by atoms with Gasteiger partial charge in [-0.05, 0) is 43.2 Å². The minimum atomic E-state index is 0.463. The van der Waals surface area contributed by atoms with Gasteiger partial charge < -0.3 is 5.32 Å². The maximum atomic E-state index is 3.49. The van der Waals surface area contributed by atoms with E-state index >= 15 is 0 Å². The standard InChI is InChI=1S/C16H27N/c1-4-16(3,14-17-5-2)13-9-12-15-10-7-6-8-11-15/h6-8,10-11,17H,4-5,9,12-14H2,1-3H3. The first-order chi connectivity index (χ1) is 8.20. The molecule has 0 radical (unpaired) electrons. The summed E-state index contributed by atoms with van der Waals surface area (Å²) in [7, 11) is 0. The average molecular weight is 233 g/mol. The molecule has 0 aromatic heterocycles. The minimum Gasteiger partial charge on any atom is -0.316 e. The summed E-state index contributed by atoms with van der Waals surface area (Å²) in [6.07, 6.45) is 5.07. The fourth-order valence-corrected chi connectivity index (χ4v) is 2.18. The summed E-state index contributed by atoms with van der Waals surface area (Å²) in [5, 5.41) is 3.49. The third kappa shape index (κ3) is 5.36. The van der Waals surface area contributed by atoms with Crippen molar-refractivity contribution < 1.29 is 0 Å². The van der Waals surface area contributed by atoms with Crippen LogP contribution in [0.2, 0.25) is 0 Å². The molecular formula is C16H27N. The lowest BCUT2D eigenvalue weighted by Crippen LogP contribution is -2.31. The quantitative estimate of drug-likeness (QED) is 0.714. The highest BCUT2D eigenvalue weighted by Gasteiger charge is 2.20. The van der Waals surface area contributed by atoms with Gasteiger partial charge in [0, 0.05) is 6.54 Å². The van der Waals surface area contributed by atoms with Gasteiger partial charge in [0.15, 0.2) is 0 Å². The van der Waals surface area contributed by atoms with Crippen LogP contribution in [-0.2, 0) is 6.42 Å². The topological polar surface area (TPSA) is 12.0 Å². The Morgan fingerprint density at radius 2 is 1.82 bits per heavy atom. The van der Waals surface area contributed by atoms with E-state index in [2.05, 4.69) is 56.4 Å². The molecule has 1 heteroatoms. The van der Waals surface area contributed by atoms with E-state index < -0.39 is 0 Å². The van der Waals surface area contributed by atoms with Gasteiger partial charge in [-0.25, -0.2) is 0 Å². The van der Waals surface area contributed by atoms with Crippen molar-refractivity contribution in [3.63, 3.8) is 0 Å². The highest BCUT2D eigenvalue weighted by molar-refractivity contribution is 5.14. The molecule has 0 heterocycles. The SMILES string of the molecule is CCNCC(C)(CC)CCCc1ccccc1. The van der Waals surface area contributed by atoms with Crippen molar-refractivity contribution in [2.75, 3.05) is 13.1 Å². The van der Waals surface area contributed by atoms with Crippen LogP contribution in [0.3, 0.4) is 0 Å². The second-order valence-electron chi connectivity index (χ2n) is 5.28. The summed E-state index contributed by atoms with van der Waals surface area (Å²) in [5.74, 6) is 0. The zero-order valence-corrected chi connectivity index (χ0v) is 11.6. The van der Waals surface area contributed by atoms with E-state index in [1.807, 2.05) is 0 Å². The van der Waals surface area contributed by atoms with E-state index in [0.717, 1.165) is 13.1 Å². The summed E-state index contributed by atoms with van der Waals surface area (Å²) >= 11 is 0. The maximum absolute atomic E-state index is 3.49. The number of nitrogens with one attached hydrogen (secondary N) is 1. The molecule has 1 N–H and O–H groups in total. The van der Waals surface area contributed by atoms with Crippen LogP contribution < -0.4 is 5.32 Å². The van der Waals surface area contributed by atoms with Crippen molar-refractivity contribution in [2.24, 2.45) is 5.41 Å². The number of hydrogen-bond donors (Lipinski definition) is 1. The van der Waals surface area contributed by atoms with Crippen LogP contribution in [0.4, 0.5) is 0 Å². The van der Waals surface area contributed by atoms with E-state index in [1.165, 1.54) is 31.2 Å². The molecule has 0 aliphatic rings. The molecular weight excluding hydrogens is 206 g/mol. The Kier molecular flexibility index (Phi) is 6.28. The molecule has 17 heavy (non-hydrogen) atoms. The Morgan fingerprint density at radius 3 is 2.41 bits per heavy atom. The molecule has 1 aromatic rings. The van der Waals surface area contributed by atoms with Gasteiger partial charge in [-0.1, -0.05) is 51.1 Å². The highest BCUT2D eigenvalue weighted by atomic mass is 14.9. The average Bonchev–Trinajstić information content (AvgIpc) is 2.38. The second-order valence-corrected chi connectivity index (χ2v) is 5.28. The summed E-state index contributed by atoms with van der Waals surface area (Å²) in [6, 6.07) is 10.8. The lowest BCUT2D eigenvalue weighted by molar-refractivity contribution is 0.265. The molecule has 1 atom stereocenters.